The lowest BCUT2D eigenvalue weighted by Gasteiger charge is -1.89. The molecule has 0 spiro atoms. The molecule has 0 aromatic carbocycles. The van der Waals surface area contributed by atoms with Crippen molar-refractivity contribution in [3.8, 4) is 0 Å². The van der Waals surface area contributed by atoms with Crippen LogP contribution < -0.4 is 5.73 Å². The number of Topliss-reactive ketones (excluding diaryl/α,β-unsaturated/α-hetero) is 1. The Balaban J connectivity index is 2.69. The summed E-state index contributed by atoms with van der Waals surface area (Å²) in [6.07, 6.45) is 0.427. The Labute approximate surface area is 74.0 Å². The molecule has 0 amide bonds. The highest BCUT2D eigenvalue weighted by molar-refractivity contribution is 7.80. The summed E-state index contributed by atoms with van der Waals surface area (Å²) in [4.78, 5) is 14.9. The summed E-state index contributed by atoms with van der Waals surface area (Å²) in [5.74, 6) is 0.984. The highest BCUT2D eigenvalue weighted by Crippen LogP contribution is 2.12. The lowest BCUT2D eigenvalue weighted by molar-refractivity contribution is 0.0989. The average Bonchev–Trinajstić information content (AvgIpc) is 2.36. The number of nitrogen functional groups attached to an aromatic ring is 1. The van der Waals surface area contributed by atoms with Crippen LogP contribution in [0.15, 0.2) is 5.38 Å². The molecule has 0 saturated heterocycles. The molecule has 0 fully saturated rings. The van der Waals surface area contributed by atoms with Crippen molar-refractivity contribution in [2.45, 2.75) is 6.42 Å². The molecule has 3 nitrogen and oxygen atoms in total. The van der Waals surface area contributed by atoms with Crippen LogP contribution in [-0.2, 0) is 0 Å². The van der Waals surface area contributed by atoms with Gasteiger partial charge in [-0.3, -0.25) is 4.79 Å². The van der Waals surface area contributed by atoms with Gasteiger partial charge in [0, 0.05) is 11.8 Å². The van der Waals surface area contributed by atoms with E-state index in [1.54, 1.807) is 5.38 Å². The number of nitrogens with zero attached hydrogens (tertiary/aromatic N) is 1. The predicted octanol–water partition coefficient (Wildman–Crippen LogP) is 1.23. The van der Waals surface area contributed by atoms with Crippen LogP contribution in [0.4, 0.5) is 5.82 Å². The molecule has 0 atom stereocenters. The molecule has 1 aromatic rings. The Morgan fingerprint density at radius 3 is 3.00 bits per heavy atom. The largest absolute Gasteiger partial charge is 0.383 e. The lowest BCUT2D eigenvalue weighted by atomic mass is 10.3. The molecule has 0 aliphatic heterocycles. The minimum atomic E-state index is 0.0155. The second kappa shape index (κ2) is 3.73. The molecule has 1 rings (SSSR count). The summed E-state index contributed by atoms with van der Waals surface area (Å²) in [6.45, 7) is 0. The number of rotatable bonds is 3. The maximum Gasteiger partial charge on any atom is 0.192 e. The van der Waals surface area contributed by atoms with Gasteiger partial charge in [0.25, 0.3) is 0 Å². The van der Waals surface area contributed by atoms with Crippen molar-refractivity contribution in [1.82, 2.24) is 4.98 Å². The number of thiazole rings is 1. The van der Waals surface area contributed by atoms with Crippen molar-refractivity contribution in [3.05, 3.63) is 10.4 Å². The molecule has 0 unspecified atom stereocenters. The van der Waals surface area contributed by atoms with Gasteiger partial charge in [-0.25, -0.2) is 4.98 Å². The third kappa shape index (κ3) is 2.20. The minimum Gasteiger partial charge on any atom is -0.383 e. The maximum atomic E-state index is 11.1. The molecular formula is C6H8N2OS2. The highest BCUT2D eigenvalue weighted by atomic mass is 32.1. The van der Waals surface area contributed by atoms with Gasteiger partial charge >= 0.3 is 0 Å². The molecule has 0 aliphatic carbocycles. The zero-order valence-corrected chi connectivity index (χ0v) is 7.49. The van der Waals surface area contributed by atoms with E-state index < -0.39 is 0 Å². The molecule has 11 heavy (non-hydrogen) atoms. The first-order valence-corrected chi connectivity index (χ1v) is 4.60. The van der Waals surface area contributed by atoms with Gasteiger partial charge in [0.1, 0.15) is 5.82 Å². The summed E-state index contributed by atoms with van der Waals surface area (Å²) < 4.78 is 0. The Kier molecular flexibility index (Phi) is 2.90. The van der Waals surface area contributed by atoms with Gasteiger partial charge in [0.2, 0.25) is 0 Å². The van der Waals surface area contributed by atoms with E-state index in [-0.39, 0.29) is 5.78 Å². The quantitative estimate of drug-likeness (QED) is 0.554. The average molecular weight is 188 g/mol. The maximum absolute atomic E-state index is 11.1. The number of hydrogen-bond acceptors (Lipinski definition) is 5. The van der Waals surface area contributed by atoms with Crippen molar-refractivity contribution in [1.29, 1.82) is 0 Å². The van der Waals surface area contributed by atoms with E-state index in [9.17, 15) is 4.79 Å². The first-order chi connectivity index (χ1) is 5.24. The minimum absolute atomic E-state index is 0.0155. The number of ketones is 1. The van der Waals surface area contributed by atoms with Crippen molar-refractivity contribution >= 4 is 35.6 Å². The van der Waals surface area contributed by atoms with E-state index in [4.69, 9.17) is 5.73 Å². The third-order valence-corrected chi connectivity index (χ3v) is 2.22. The van der Waals surface area contributed by atoms with Crippen LogP contribution in [0.1, 0.15) is 16.2 Å². The first-order valence-electron chi connectivity index (χ1n) is 3.09. The van der Waals surface area contributed by atoms with Crippen LogP contribution in [-0.4, -0.2) is 16.5 Å². The number of carbonyl (C=O) groups is 1. The van der Waals surface area contributed by atoms with Crippen molar-refractivity contribution in [3.63, 3.8) is 0 Å². The van der Waals surface area contributed by atoms with Gasteiger partial charge in [-0.15, -0.1) is 11.3 Å². The predicted molar refractivity (Wildman–Crippen MR) is 49.3 cm³/mol. The molecule has 0 bridgehead atoms. The third-order valence-electron chi connectivity index (χ3n) is 1.10. The van der Waals surface area contributed by atoms with Crippen LogP contribution in [0, 0.1) is 0 Å². The molecule has 60 valence electrons. The second-order valence-electron chi connectivity index (χ2n) is 1.97. The highest BCUT2D eigenvalue weighted by Gasteiger charge is 2.07. The summed E-state index contributed by atoms with van der Waals surface area (Å²) in [5, 5.41) is 2.14. The molecule has 2 N–H and O–H groups in total. The van der Waals surface area contributed by atoms with E-state index in [1.165, 1.54) is 11.3 Å². The van der Waals surface area contributed by atoms with Crippen molar-refractivity contribution in [2.75, 3.05) is 11.5 Å². The molecule has 1 heterocycles. The molecular weight excluding hydrogens is 180 g/mol. The lowest BCUT2D eigenvalue weighted by Crippen LogP contribution is -1.99. The monoisotopic (exact) mass is 188 g/mol. The van der Waals surface area contributed by atoms with Crippen LogP contribution in [0.25, 0.3) is 0 Å². The molecule has 1 aromatic heterocycles. The van der Waals surface area contributed by atoms with E-state index in [0.29, 0.717) is 23.0 Å². The van der Waals surface area contributed by atoms with Crippen LogP contribution in [0.2, 0.25) is 0 Å². The summed E-state index contributed by atoms with van der Waals surface area (Å²) in [7, 11) is 0. The summed E-state index contributed by atoms with van der Waals surface area (Å²) >= 11 is 5.22. The SMILES string of the molecule is Nc1csc(C(=O)CCS)n1. The van der Waals surface area contributed by atoms with Crippen molar-refractivity contribution < 1.29 is 4.79 Å². The number of aromatic nitrogens is 1. The smallest absolute Gasteiger partial charge is 0.192 e. The zero-order chi connectivity index (χ0) is 8.27. The van der Waals surface area contributed by atoms with Crippen LogP contribution >= 0.6 is 24.0 Å². The topological polar surface area (TPSA) is 56.0 Å². The molecule has 5 heteroatoms. The van der Waals surface area contributed by atoms with E-state index in [1.807, 2.05) is 0 Å². The number of carbonyl (C=O) groups excluding carboxylic acids is 1. The van der Waals surface area contributed by atoms with E-state index in [0.717, 1.165) is 0 Å². The van der Waals surface area contributed by atoms with Crippen molar-refractivity contribution in [2.24, 2.45) is 0 Å². The van der Waals surface area contributed by atoms with Crippen LogP contribution in [0.3, 0.4) is 0 Å². The van der Waals surface area contributed by atoms with E-state index >= 15 is 0 Å². The van der Waals surface area contributed by atoms with Gasteiger partial charge in [0.05, 0.1) is 0 Å². The number of hydrogen-bond donors (Lipinski definition) is 2. The Morgan fingerprint density at radius 2 is 2.55 bits per heavy atom. The number of anilines is 1. The fourth-order valence-corrected chi connectivity index (χ4v) is 1.50. The van der Waals surface area contributed by atoms with E-state index in [2.05, 4.69) is 17.6 Å². The molecule has 0 saturated carbocycles. The van der Waals surface area contributed by atoms with Gasteiger partial charge in [0.15, 0.2) is 10.8 Å². The molecule has 0 radical (unpaired) electrons. The number of nitrogens with two attached hydrogens (primary N) is 1. The van der Waals surface area contributed by atoms with Gasteiger partial charge in [-0.05, 0) is 5.75 Å². The Hall–Kier alpha value is -0.550. The Bertz CT molecular complexity index is 259. The zero-order valence-electron chi connectivity index (χ0n) is 5.78. The first kappa shape index (κ1) is 8.55. The fourth-order valence-electron chi connectivity index (χ4n) is 0.623. The normalized spacial score (nSPS) is 9.91. The van der Waals surface area contributed by atoms with Gasteiger partial charge < -0.3 is 5.73 Å². The Morgan fingerprint density at radius 1 is 1.82 bits per heavy atom. The summed E-state index contributed by atoms with van der Waals surface area (Å²) in [6, 6.07) is 0. The van der Waals surface area contributed by atoms with Gasteiger partial charge in [-0.1, -0.05) is 0 Å². The molecule has 0 aliphatic rings. The van der Waals surface area contributed by atoms with Gasteiger partial charge in [-0.2, -0.15) is 12.6 Å². The fraction of sp³-hybridized carbons (Fsp3) is 0.333. The summed E-state index contributed by atoms with van der Waals surface area (Å²) in [5.41, 5.74) is 5.34. The number of thiol groups is 1. The van der Waals surface area contributed by atoms with Crippen LogP contribution in [0.5, 0.6) is 0 Å². The standard InChI is InChI=1S/C6H8N2OS2/c7-5-3-11-6(8-5)4(9)1-2-10/h3,10H,1-2,7H2. The second-order valence-corrected chi connectivity index (χ2v) is 3.28.